The quantitative estimate of drug-likeness (QED) is 0.315. The van der Waals surface area contributed by atoms with Crippen molar-refractivity contribution in [2.24, 2.45) is 11.8 Å². The summed E-state index contributed by atoms with van der Waals surface area (Å²) in [4.78, 5) is 31.8. The van der Waals surface area contributed by atoms with Crippen molar-refractivity contribution in [1.29, 1.82) is 0 Å². The monoisotopic (exact) mass is 476 g/mol. The molecule has 2 amide bonds. The number of hydrogen-bond acceptors (Lipinski definition) is 5. The van der Waals surface area contributed by atoms with Crippen molar-refractivity contribution in [3.05, 3.63) is 52.0 Å². The summed E-state index contributed by atoms with van der Waals surface area (Å²) >= 11 is 15.5. The van der Waals surface area contributed by atoms with Crippen molar-refractivity contribution in [3.63, 3.8) is 0 Å². The summed E-state index contributed by atoms with van der Waals surface area (Å²) in [5, 5.41) is 1.34. The number of imide groups is 1. The highest BCUT2D eigenvalue weighted by Gasteiger charge is 2.48. The Morgan fingerprint density at radius 2 is 1.77 bits per heavy atom. The summed E-state index contributed by atoms with van der Waals surface area (Å²) in [5.74, 6) is 0.296. The maximum Gasteiger partial charge on any atom is 0.237 e. The van der Waals surface area contributed by atoms with Crippen LogP contribution in [-0.2, 0) is 15.3 Å². The number of hydrogen-bond donors (Lipinski definition) is 0. The van der Waals surface area contributed by atoms with Gasteiger partial charge in [0.1, 0.15) is 0 Å². The minimum atomic E-state index is -0.142. The van der Waals surface area contributed by atoms with Crippen molar-refractivity contribution >= 4 is 74.0 Å². The van der Waals surface area contributed by atoms with E-state index in [1.807, 2.05) is 24.3 Å². The number of carbonyl (C=O) groups excluding carboxylic acids is 2. The first-order valence-electron chi connectivity index (χ1n) is 9.86. The lowest BCUT2D eigenvalue weighted by Gasteiger charge is -2.19. The maximum atomic E-state index is 12.9. The van der Waals surface area contributed by atoms with Gasteiger partial charge in [0, 0.05) is 15.8 Å². The zero-order valence-electron chi connectivity index (χ0n) is 15.9. The largest absolute Gasteiger partial charge is 0.274 e. The van der Waals surface area contributed by atoms with Crippen LogP contribution in [0.5, 0.6) is 0 Å². The van der Waals surface area contributed by atoms with Gasteiger partial charge in [-0.3, -0.25) is 14.5 Å². The predicted molar refractivity (Wildman–Crippen MR) is 124 cm³/mol. The Hall–Kier alpha value is -1.60. The van der Waals surface area contributed by atoms with Crippen molar-refractivity contribution in [3.8, 4) is 0 Å². The Morgan fingerprint density at radius 3 is 2.50 bits per heavy atom. The molecule has 2 atom stereocenters. The molecule has 30 heavy (non-hydrogen) atoms. The Balaban J connectivity index is 1.38. The molecular weight excluding hydrogens is 459 g/mol. The number of carbonyl (C=O) groups is 2. The van der Waals surface area contributed by atoms with Crippen LogP contribution in [0.15, 0.2) is 40.7 Å². The van der Waals surface area contributed by atoms with Crippen LogP contribution in [0, 0.1) is 11.8 Å². The number of halogens is 2. The summed E-state index contributed by atoms with van der Waals surface area (Å²) in [6.07, 6.45) is 3.70. The van der Waals surface area contributed by atoms with Crippen LogP contribution in [-0.4, -0.2) is 16.8 Å². The van der Waals surface area contributed by atoms with E-state index in [1.165, 1.54) is 4.90 Å². The second-order valence-electron chi connectivity index (χ2n) is 7.67. The number of thioether (sulfide) groups is 1. The highest BCUT2D eigenvalue weighted by atomic mass is 35.5. The first kappa shape index (κ1) is 20.3. The van der Waals surface area contributed by atoms with Crippen LogP contribution in [0.4, 0.5) is 5.69 Å². The molecule has 2 heterocycles. The van der Waals surface area contributed by atoms with Crippen molar-refractivity contribution in [1.82, 2.24) is 4.98 Å². The Kier molecular flexibility index (Phi) is 5.52. The summed E-state index contributed by atoms with van der Waals surface area (Å²) < 4.78 is 1.87. The van der Waals surface area contributed by atoms with E-state index in [0.29, 0.717) is 21.5 Å². The molecule has 2 aliphatic rings. The van der Waals surface area contributed by atoms with Crippen LogP contribution >= 0.6 is 46.3 Å². The highest BCUT2D eigenvalue weighted by Crippen LogP contribution is 2.41. The second-order valence-corrected chi connectivity index (χ2v) is 10.8. The fourth-order valence-corrected chi connectivity index (χ4v) is 6.85. The van der Waals surface area contributed by atoms with Gasteiger partial charge in [-0.05, 0) is 54.8 Å². The molecule has 3 aromatic rings. The fourth-order valence-electron chi connectivity index (χ4n) is 4.30. The zero-order valence-corrected chi connectivity index (χ0v) is 19.1. The third kappa shape index (κ3) is 3.64. The normalized spacial score (nSPS) is 21.5. The Labute approximate surface area is 192 Å². The van der Waals surface area contributed by atoms with E-state index in [2.05, 4.69) is 4.98 Å². The molecule has 2 fully saturated rings. The van der Waals surface area contributed by atoms with E-state index in [0.717, 1.165) is 45.8 Å². The van der Waals surface area contributed by atoms with Gasteiger partial charge in [0.05, 0.1) is 27.7 Å². The minimum Gasteiger partial charge on any atom is -0.274 e. The average Bonchev–Trinajstić information content (AvgIpc) is 3.27. The number of rotatable bonds is 4. The maximum absolute atomic E-state index is 12.9. The van der Waals surface area contributed by atoms with E-state index >= 15 is 0 Å². The summed E-state index contributed by atoms with van der Waals surface area (Å²) in [6.45, 7) is 0. The van der Waals surface area contributed by atoms with E-state index in [9.17, 15) is 9.59 Å². The number of anilines is 1. The number of amides is 2. The third-order valence-electron chi connectivity index (χ3n) is 5.81. The number of nitrogens with zero attached hydrogens (tertiary/aromatic N) is 2. The first-order valence-corrected chi connectivity index (χ1v) is 12.4. The molecule has 0 radical (unpaired) electrons. The molecular formula is C22H18Cl2N2O2S2. The molecule has 4 nitrogen and oxygen atoms in total. The van der Waals surface area contributed by atoms with Gasteiger partial charge in [-0.15, -0.1) is 11.3 Å². The van der Waals surface area contributed by atoms with Crippen LogP contribution in [0.2, 0.25) is 10.0 Å². The zero-order chi connectivity index (χ0) is 20.8. The molecule has 1 saturated carbocycles. The lowest BCUT2D eigenvalue weighted by molar-refractivity contribution is -0.122. The fraction of sp³-hybridized carbons (Fsp3) is 0.318. The van der Waals surface area contributed by atoms with Crippen molar-refractivity contribution in [2.75, 3.05) is 4.90 Å². The van der Waals surface area contributed by atoms with Gasteiger partial charge in [-0.2, -0.15) is 0 Å². The Bertz CT molecular complexity index is 1140. The molecule has 0 spiro atoms. The van der Waals surface area contributed by atoms with Gasteiger partial charge >= 0.3 is 0 Å². The third-order valence-corrected chi connectivity index (χ3v) is 8.62. The van der Waals surface area contributed by atoms with Gasteiger partial charge in [0.2, 0.25) is 11.8 Å². The van der Waals surface area contributed by atoms with Gasteiger partial charge < -0.3 is 0 Å². The lowest BCUT2D eigenvalue weighted by Crippen LogP contribution is -2.30. The van der Waals surface area contributed by atoms with E-state index in [4.69, 9.17) is 23.2 Å². The number of fused-ring (bicyclic) bond motifs is 2. The average molecular weight is 477 g/mol. The van der Waals surface area contributed by atoms with E-state index in [1.54, 1.807) is 35.2 Å². The van der Waals surface area contributed by atoms with Crippen LogP contribution in [0.3, 0.4) is 0 Å². The van der Waals surface area contributed by atoms with Crippen molar-refractivity contribution < 1.29 is 9.59 Å². The smallest absolute Gasteiger partial charge is 0.237 e. The van der Waals surface area contributed by atoms with Gasteiger partial charge in [-0.1, -0.05) is 47.8 Å². The summed E-state index contributed by atoms with van der Waals surface area (Å²) in [6, 6.07) is 11.1. The second kappa shape index (κ2) is 8.15. The topological polar surface area (TPSA) is 50.3 Å². The van der Waals surface area contributed by atoms with Gasteiger partial charge in [-0.25, -0.2) is 4.98 Å². The Morgan fingerprint density at radius 1 is 1.03 bits per heavy atom. The molecule has 1 saturated heterocycles. The molecule has 0 N–H and O–H groups in total. The van der Waals surface area contributed by atoms with Crippen LogP contribution in [0.1, 0.15) is 31.2 Å². The minimum absolute atomic E-state index is 0.0428. The van der Waals surface area contributed by atoms with Crippen LogP contribution < -0.4 is 4.90 Å². The predicted octanol–water partition coefficient (Wildman–Crippen LogP) is 6.58. The highest BCUT2D eigenvalue weighted by molar-refractivity contribution is 8.00. The first-order chi connectivity index (χ1) is 14.5. The molecule has 2 aromatic carbocycles. The standard InChI is InChI=1S/C22H18Cl2N2O2S2/c23-13-5-7-17(24)12(9-13)11-29-22-25-18-8-6-14(10-19(18)30-22)26-20(27)15-3-1-2-4-16(15)21(26)28/h5-10,15-16H,1-4,11H2/t15-,16+. The number of thiazole rings is 1. The van der Waals surface area contributed by atoms with Gasteiger partial charge in [0.25, 0.3) is 0 Å². The molecule has 0 unspecified atom stereocenters. The van der Waals surface area contributed by atoms with Crippen LogP contribution in [0.25, 0.3) is 10.2 Å². The molecule has 1 aromatic heterocycles. The lowest BCUT2D eigenvalue weighted by atomic mass is 9.81. The number of aromatic nitrogens is 1. The SMILES string of the molecule is O=C1[C@H]2CCCC[C@H]2C(=O)N1c1ccc2nc(SCc3cc(Cl)ccc3Cl)sc2c1. The molecule has 0 bridgehead atoms. The molecule has 5 rings (SSSR count). The van der Waals surface area contributed by atoms with Crippen molar-refractivity contribution in [2.45, 2.75) is 35.8 Å². The molecule has 8 heteroatoms. The molecule has 1 aliphatic carbocycles. The summed E-state index contributed by atoms with van der Waals surface area (Å²) in [7, 11) is 0. The van der Waals surface area contributed by atoms with Gasteiger partial charge in [0.15, 0.2) is 4.34 Å². The number of benzene rings is 2. The summed E-state index contributed by atoms with van der Waals surface area (Å²) in [5.41, 5.74) is 2.48. The van der Waals surface area contributed by atoms with E-state index < -0.39 is 0 Å². The molecule has 1 aliphatic heterocycles. The van der Waals surface area contributed by atoms with E-state index in [-0.39, 0.29) is 23.7 Å². The molecule has 154 valence electrons.